The number of halogens is 3. The molecule has 1 N–H and O–H groups in total. The summed E-state index contributed by atoms with van der Waals surface area (Å²) in [5, 5.41) is 21.8. The zero-order valence-corrected chi connectivity index (χ0v) is 18.1. The number of hydrogen-bond acceptors (Lipinski definition) is 6. The molecule has 5 heterocycles. The highest BCUT2D eigenvalue weighted by Crippen LogP contribution is 2.36. The third-order valence-electron chi connectivity index (χ3n) is 5.51. The fraction of sp³-hybridized carbons (Fsp3) is 0.273. The first-order valence-electron chi connectivity index (χ1n) is 10.3. The Labute approximate surface area is 191 Å². The summed E-state index contributed by atoms with van der Waals surface area (Å²) in [4.78, 5) is 4.34. The van der Waals surface area contributed by atoms with E-state index in [4.69, 9.17) is 0 Å². The lowest BCUT2D eigenvalue weighted by Crippen LogP contribution is -2.31. The normalized spacial score (nSPS) is 16.7. The Morgan fingerprint density at radius 3 is 2.79 bits per heavy atom. The lowest BCUT2D eigenvalue weighted by atomic mass is 10.1. The van der Waals surface area contributed by atoms with Gasteiger partial charge in [0.15, 0.2) is 0 Å². The smallest absolute Gasteiger partial charge is 0.315 e. The molecule has 1 fully saturated rings. The van der Waals surface area contributed by atoms with Gasteiger partial charge in [0.2, 0.25) is 0 Å². The fourth-order valence-electron chi connectivity index (χ4n) is 3.89. The molecule has 0 radical (unpaired) electrons. The maximum Gasteiger partial charge on any atom is 0.433 e. The van der Waals surface area contributed by atoms with Crippen LogP contribution in [0, 0.1) is 11.3 Å². The molecule has 0 bridgehead atoms. The molecule has 1 aliphatic heterocycles. The minimum Gasteiger partial charge on any atom is -0.315 e. The average Bonchev–Trinajstić information content (AvgIpc) is 3.47. The molecular weight excluding hydrogens is 451 g/mol. The predicted octanol–water partition coefficient (Wildman–Crippen LogP) is 4.56. The van der Waals surface area contributed by atoms with Gasteiger partial charge in [-0.3, -0.25) is 4.68 Å². The molecule has 5 rings (SSSR count). The minimum atomic E-state index is -4.54. The summed E-state index contributed by atoms with van der Waals surface area (Å²) < 4.78 is 42.9. The Kier molecular flexibility index (Phi) is 5.55. The molecule has 0 unspecified atom stereocenters. The molecular formula is C22H18F3N7S. The molecule has 4 aromatic rings. The van der Waals surface area contributed by atoms with Crippen LogP contribution in [0.4, 0.5) is 13.2 Å². The van der Waals surface area contributed by atoms with Gasteiger partial charge in [0.05, 0.1) is 29.5 Å². The first-order valence-corrected chi connectivity index (χ1v) is 11.1. The highest BCUT2D eigenvalue weighted by molar-refractivity contribution is 7.99. The maximum absolute atomic E-state index is 13.1. The highest BCUT2D eigenvalue weighted by atomic mass is 32.2. The van der Waals surface area contributed by atoms with Gasteiger partial charge in [-0.2, -0.15) is 28.6 Å². The molecule has 168 valence electrons. The van der Waals surface area contributed by atoms with E-state index in [9.17, 15) is 18.4 Å². The van der Waals surface area contributed by atoms with E-state index in [-0.39, 0.29) is 11.1 Å². The summed E-state index contributed by atoms with van der Waals surface area (Å²) in [6, 6.07) is 7.98. The van der Waals surface area contributed by atoms with Crippen LogP contribution < -0.4 is 5.32 Å². The van der Waals surface area contributed by atoms with Crippen molar-refractivity contribution in [2.75, 3.05) is 13.1 Å². The fourth-order valence-corrected chi connectivity index (χ4v) is 4.89. The van der Waals surface area contributed by atoms with Crippen LogP contribution >= 0.6 is 11.8 Å². The number of alkyl halides is 3. The third kappa shape index (κ3) is 4.31. The second-order valence-electron chi connectivity index (χ2n) is 7.73. The minimum absolute atomic E-state index is 0.179. The maximum atomic E-state index is 13.1. The van der Waals surface area contributed by atoms with Crippen LogP contribution in [0.5, 0.6) is 0 Å². The van der Waals surface area contributed by atoms with E-state index in [1.54, 1.807) is 16.9 Å². The number of rotatable bonds is 4. The summed E-state index contributed by atoms with van der Waals surface area (Å²) in [7, 11) is 0. The van der Waals surface area contributed by atoms with Crippen LogP contribution in [0.1, 0.15) is 30.1 Å². The van der Waals surface area contributed by atoms with E-state index >= 15 is 0 Å². The molecule has 0 aliphatic carbocycles. The molecule has 0 aromatic carbocycles. The number of aromatic nitrogens is 5. The van der Waals surface area contributed by atoms with Crippen LogP contribution in [-0.4, -0.2) is 37.5 Å². The topological polar surface area (TPSA) is 83.8 Å². The van der Waals surface area contributed by atoms with Crippen LogP contribution in [-0.2, 0) is 6.18 Å². The van der Waals surface area contributed by atoms with Crippen molar-refractivity contribution in [2.45, 2.75) is 35.0 Å². The molecule has 0 spiro atoms. The Hall–Kier alpha value is -3.36. The van der Waals surface area contributed by atoms with E-state index < -0.39 is 11.9 Å². The number of nitrogens with zero attached hydrogens (tertiary/aromatic N) is 6. The van der Waals surface area contributed by atoms with Gasteiger partial charge in [0, 0.05) is 35.0 Å². The van der Waals surface area contributed by atoms with E-state index in [0.29, 0.717) is 16.0 Å². The van der Waals surface area contributed by atoms with Gasteiger partial charge in [-0.25, -0.2) is 9.50 Å². The van der Waals surface area contributed by atoms with Gasteiger partial charge in [0.1, 0.15) is 16.8 Å². The Morgan fingerprint density at radius 1 is 1.15 bits per heavy atom. The van der Waals surface area contributed by atoms with Gasteiger partial charge in [-0.15, -0.1) is 0 Å². The molecule has 0 saturated carbocycles. The summed E-state index contributed by atoms with van der Waals surface area (Å²) in [5.74, 6) is 0. The lowest BCUT2D eigenvalue weighted by Gasteiger charge is -2.22. The van der Waals surface area contributed by atoms with Gasteiger partial charge >= 0.3 is 6.18 Å². The van der Waals surface area contributed by atoms with Gasteiger partial charge in [0.25, 0.3) is 0 Å². The number of pyridine rings is 2. The number of nitriles is 1. The average molecular weight is 469 g/mol. The quantitative estimate of drug-likeness (QED) is 0.472. The van der Waals surface area contributed by atoms with Crippen molar-refractivity contribution in [2.24, 2.45) is 0 Å². The van der Waals surface area contributed by atoms with E-state index in [1.807, 2.05) is 16.9 Å². The van der Waals surface area contributed by atoms with Gasteiger partial charge in [-0.05, 0) is 37.6 Å². The van der Waals surface area contributed by atoms with Crippen molar-refractivity contribution >= 4 is 17.3 Å². The zero-order chi connectivity index (χ0) is 23.0. The standard InChI is InChI=1S/C22H18F3N7S/c23-22(24,25)19-4-1-5-20(30-19)33-18-7-14(12-32-21(18)15(8-26)9-29-32)16-10-28-31(13-16)17-3-2-6-27-11-17/h1,4-5,7,9-10,12-13,17,27H,2-3,6,11H2/t17-/m1/s1. The number of fused-ring (bicyclic) bond motifs is 1. The van der Waals surface area contributed by atoms with Crippen LogP contribution in [0.15, 0.2) is 59.0 Å². The molecule has 1 saturated heterocycles. The summed E-state index contributed by atoms with van der Waals surface area (Å²) in [6.07, 6.45) is 4.55. The molecule has 4 aromatic heterocycles. The van der Waals surface area contributed by atoms with Crippen molar-refractivity contribution in [3.8, 4) is 17.2 Å². The van der Waals surface area contributed by atoms with Gasteiger partial charge in [-0.1, -0.05) is 17.8 Å². The highest BCUT2D eigenvalue weighted by Gasteiger charge is 2.32. The van der Waals surface area contributed by atoms with E-state index in [1.165, 1.54) is 18.3 Å². The van der Waals surface area contributed by atoms with Crippen LogP contribution in [0.3, 0.4) is 0 Å². The number of nitrogens with one attached hydrogen (secondary N) is 1. The predicted molar refractivity (Wildman–Crippen MR) is 116 cm³/mol. The molecule has 0 amide bonds. The Bertz CT molecular complexity index is 1350. The molecule has 1 atom stereocenters. The Balaban J connectivity index is 1.55. The second-order valence-corrected chi connectivity index (χ2v) is 8.79. The van der Waals surface area contributed by atoms with Crippen LogP contribution in [0.25, 0.3) is 16.6 Å². The number of piperidine rings is 1. The molecule has 7 nitrogen and oxygen atoms in total. The second kappa shape index (κ2) is 8.53. The third-order valence-corrected chi connectivity index (χ3v) is 6.47. The van der Waals surface area contributed by atoms with E-state index in [0.717, 1.165) is 54.9 Å². The molecule has 11 heteroatoms. The first-order chi connectivity index (χ1) is 15.9. The van der Waals surface area contributed by atoms with Crippen LogP contribution in [0.2, 0.25) is 0 Å². The van der Waals surface area contributed by atoms with Crippen molar-refractivity contribution in [3.05, 3.63) is 60.3 Å². The largest absolute Gasteiger partial charge is 0.433 e. The van der Waals surface area contributed by atoms with E-state index in [2.05, 4.69) is 26.6 Å². The lowest BCUT2D eigenvalue weighted by molar-refractivity contribution is -0.141. The summed E-state index contributed by atoms with van der Waals surface area (Å²) >= 11 is 1.06. The Morgan fingerprint density at radius 2 is 2.03 bits per heavy atom. The molecule has 33 heavy (non-hydrogen) atoms. The summed E-state index contributed by atoms with van der Waals surface area (Å²) in [5.41, 5.74) is 1.54. The van der Waals surface area contributed by atoms with Crippen molar-refractivity contribution in [3.63, 3.8) is 0 Å². The monoisotopic (exact) mass is 469 g/mol. The summed E-state index contributed by atoms with van der Waals surface area (Å²) in [6.45, 7) is 1.86. The van der Waals surface area contributed by atoms with Crippen molar-refractivity contribution in [1.82, 2.24) is 29.7 Å². The molecule has 1 aliphatic rings. The number of hydrogen-bond donors (Lipinski definition) is 1. The zero-order valence-electron chi connectivity index (χ0n) is 17.3. The van der Waals surface area contributed by atoms with Crippen molar-refractivity contribution in [1.29, 1.82) is 5.26 Å². The SMILES string of the molecule is N#Cc1cnn2cc(-c3cnn([C@@H]4CCCNC4)c3)cc(Sc3cccc(C(F)(F)F)n3)c12. The first kappa shape index (κ1) is 21.5. The van der Waals surface area contributed by atoms with Crippen molar-refractivity contribution < 1.29 is 13.2 Å². The van der Waals surface area contributed by atoms with Gasteiger partial charge < -0.3 is 5.32 Å².